The van der Waals surface area contributed by atoms with Crippen molar-refractivity contribution in [3.63, 3.8) is 0 Å². The van der Waals surface area contributed by atoms with E-state index in [1.165, 1.54) is 0 Å². The molecule has 0 aromatic carbocycles. The number of carbonyl (C=O) groups excluding carboxylic acids is 2. The highest BCUT2D eigenvalue weighted by Crippen LogP contribution is 2.12. The first-order chi connectivity index (χ1) is 8.65. The van der Waals surface area contributed by atoms with Gasteiger partial charge < -0.3 is 15.8 Å². The van der Waals surface area contributed by atoms with Crippen LogP contribution in [0.4, 0.5) is 0 Å². The van der Waals surface area contributed by atoms with E-state index < -0.39 is 18.1 Å². The zero-order valence-electron chi connectivity index (χ0n) is 10.4. The smallest absolute Gasteiger partial charge is 0.249 e. The molecule has 0 saturated carbocycles. The van der Waals surface area contributed by atoms with Crippen LogP contribution >= 0.6 is 0 Å². The maximum Gasteiger partial charge on any atom is 0.249 e. The van der Waals surface area contributed by atoms with Crippen LogP contribution in [0.15, 0.2) is 0 Å². The van der Waals surface area contributed by atoms with E-state index >= 15 is 0 Å². The van der Waals surface area contributed by atoms with Gasteiger partial charge in [-0.05, 0) is 32.1 Å². The lowest BCUT2D eigenvalue weighted by Crippen LogP contribution is -2.47. The number of primary amides is 1. The lowest BCUT2D eigenvalue weighted by Gasteiger charge is -2.17. The van der Waals surface area contributed by atoms with Gasteiger partial charge in [-0.1, -0.05) is 0 Å². The zero-order valence-corrected chi connectivity index (χ0v) is 10.4. The predicted molar refractivity (Wildman–Crippen MR) is 64.2 cm³/mol. The molecule has 18 heavy (non-hydrogen) atoms. The van der Waals surface area contributed by atoms with Gasteiger partial charge in [0.25, 0.3) is 0 Å². The first kappa shape index (κ1) is 14.5. The zero-order chi connectivity index (χ0) is 13.4. The van der Waals surface area contributed by atoms with Gasteiger partial charge in [0.15, 0.2) is 0 Å². The van der Waals surface area contributed by atoms with E-state index in [1.54, 1.807) is 0 Å². The van der Waals surface area contributed by atoms with Gasteiger partial charge >= 0.3 is 0 Å². The van der Waals surface area contributed by atoms with Crippen molar-refractivity contribution in [1.29, 1.82) is 5.26 Å². The molecule has 1 fully saturated rings. The molecule has 0 aromatic heterocycles. The van der Waals surface area contributed by atoms with Gasteiger partial charge in [0.2, 0.25) is 11.8 Å². The molecule has 0 aliphatic carbocycles. The summed E-state index contributed by atoms with van der Waals surface area (Å²) < 4.78 is 5.23. The third kappa shape index (κ3) is 4.72. The van der Waals surface area contributed by atoms with E-state index in [-0.39, 0.29) is 5.91 Å². The van der Waals surface area contributed by atoms with Crippen molar-refractivity contribution in [2.24, 2.45) is 5.73 Å². The monoisotopic (exact) mass is 253 g/mol. The minimum Gasteiger partial charge on any atom is -0.368 e. The molecule has 2 amide bonds. The lowest BCUT2D eigenvalue weighted by atomic mass is 10.1. The average Bonchev–Trinajstić information content (AvgIpc) is 2.86. The number of rotatable bonds is 7. The van der Waals surface area contributed by atoms with Crippen molar-refractivity contribution in [1.82, 2.24) is 5.32 Å². The molecule has 1 aliphatic heterocycles. The molecule has 0 unspecified atom stereocenters. The van der Waals surface area contributed by atoms with E-state index in [0.717, 1.165) is 6.42 Å². The fraction of sp³-hybridized carbons (Fsp3) is 0.750. The highest BCUT2D eigenvalue weighted by Gasteiger charge is 2.27. The van der Waals surface area contributed by atoms with Gasteiger partial charge in [-0.3, -0.25) is 9.59 Å². The van der Waals surface area contributed by atoms with Crippen molar-refractivity contribution in [3.05, 3.63) is 0 Å². The number of ether oxygens (including phenoxy) is 1. The van der Waals surface area contributed by atoms with Crippen molar-refractivity contribution in [2.45, 2.75) is 50.7 Å². The molecule has 1 heterocycles. The van der Waals surface area contributed by atoms with Crippen LogP contribution in [-0.4, -0.2) is 30.6 Å². The summed E-state index contributed by atoms with van der Waals surface area (Å²) >= 11 is 0. The Morgan fingerprint density at radius 1 is 1.50 bits per heavy atom. The summed E-state index contributed by atoms with van der Waals surface area (Å²) in [4.78, 5) is 23.0. The molecule has 100 valence electrons. The molecule has 1 saturated heterocycles. The normalized spacial score (nSPS) is 20.1. The lowest BCUT2D eigenvalue weighted by molar-refractivity contribution is -0.133. The van der Waals surface area contributed by atoms with Crippen molar-refractivity contribution >= 4 is 11.8 Å². The largest absolute Gasteiger partial charge is 0.368 e. The Hall–Kier alpha value is -1.61. The number of carbonyl (C=O) groups is 2. The number of hydrogen-bond acceptors (Lipinski definition) is 4. The van der Waals surface area contributed by atoms with Crippen molar-refractivity contribution in [3.8, 4) is 6.07 Å². The van der Waals surface area contributed by atoms with Crippen LogP contribution in [0.5, 0.6) is 0 Å². The number of hydrogen-bond donors (Lipinski definition) is 2. The molecule has 1 aliphatic rings. The molecule has 1 rings (SSSR count). The Morgan fingerprint density at radius 3 is 2.83 bits per heavy atom. The molecule has 0 radical (unpaired) electrons. The molecule has 2 atom stereocenters. The quantitative estimate of drug-likeness (QED) is 0.633. The van der Waals surface area contributed by atoms with Gasteiger partial charge in [-0.15, -0.1) is 0 Å². The Bertz CT molecular complexity index is 332. The average molecular weight is 253 g/mol. The van der Waals surface area contributed by atoms with Crippen LogP contribution in [0.2, 0.25) is 0 Å². The van der Waals surface area contributed by atoms with E-state index in [2.05, 4.69) is 5.32 Å². The topological polar surface area (TPSA) is 105 Å². The first-order valence-corrected chi connectivity index (χ1v) is 6.23. The summed E-state index contributed by atoms with van der Waals surface area (Å²) in [7, 11) is 0. The van der Waals surface area contributed by atoms with Gasteiger partial charge in [-0.25, -0.2) is 0 Å². The molecule has 0 bridgehead atoms. The second-order valence-electron chi connectivity index (χ2n) is 4.37. The van der Waals surface area contributed by atoms with E-state index in [0.29, 0.717) is 38.7 Å². The first-order valence-electron chi connectivity index (χ1n) is 6.23. The number of unbranched alkanes of at least 4 members (excludes halogenated alkanes) is 2. The van der Waals surface area contributed by atoms with Crippen LogP contribution in [0.3, 0.4) is 0 Å². The Kier molecular flexibility index (Phi) is 6.15. The fourth-order valence-electron chi connectivity index (χ4n) is 1.89. The number of nitrogens with one attached hydrogen (secondary N) is 1. The summed E-state index contributed by atoms with van der Waals surface area (Å²) in [5, 5.41) is 11.0. The molecule has 6 heteroatoms. The summed E-state index contributed by atoms with van der Waals surface area (Å²) in [6.45, 7) is 0.585. The van der Waals surface area contributed by atoms with Gasteiger partial charge in [-0.2, -0.15) is 5.26 Å². The van der Waals surface area contributed by atoms with Crippen LogP contribution < -0.4 is 11.1 Å². The third-order valence-corrected chi connectivity index (χ3v) is 2.91. The summed E-state index contributed by atoms with van der Waals surface area (Å²) in [6, 6.07) is 1.37. The number of nitrogens with two attached hydrogens (primary N) is 1. The molecular weight excluding hydrogens is 234 g/mol. The fourth-order valence-corrected chi connectivity index (χ4v) is 1.89. The highest BCUT2D eigenvalue weighted by atomic mass is 16.5. The van der Waals surface area contributed by atoms with Crippen molar-refractivity contribution < 1.29 is 14.3 Å². The second kappa shape index (κ2) is 7.67. The Balaban J connectivity index is 2.34. The minimum absolute atomic E-state index is 0.267. The third-order valence-electron chi connectivity index (χ3n) is 2.91. The van der Waals surface area contributed by atoms with Crippen molar-refractivity contribution in [2.75, 3.05) is 6.61 Å². The molecule has 0 spiro atoms. The van der Waals surface area contributed by atoms with Crippen LogP contribution in [0.25, 0.3) is 0 Å². The number of amides is 2. The standard InChI is InChI=1S/C12H19N3O3/c13-7-3-1-2-5-9(11(14)16)15-12(17)10-6-4-8-18-10/h9-10H,1-6,8H2,(H2,14,16)(H,15,17)/t9-,10-/m0/s1. The minimum atomic E-state index is -0.666. The Morgan fingerprint density at radius 2 is 2.28 bits per heavy atom. The van der Waals surface area contributed by atoms with E-state index in [1.807, 2.05) is 6.07 Å². The molecule has 3 N–H and O–H groups in total. The van der Waals surface area contributed by atoms with Gasteiger partial charge in [0, 0.05) is 13.0 Å². The molecule has 0 aromatic rings. The van der Waals surface area contributed by atoms with Crippen LogP contribution in [0, 0.1) is 11.3 Å². The maximum absolute atomic E-state index is 11.8. The number of nitrogens with zero attached hydrogens (tertiary/aromatic N) is 1. The summed E-state index contributed by atoms with van der Waals surface area (Å²) in [5.74, 6) is -0.810. The SMILES string of the molecule is N#CCCCC[C@H](NC(=O)[C@@H]1CCCO1)C(N)=O. The molecule has 6 nitrogen and oxygen atoms in total. The van der Waals surface area contributed by atoms with Gasteiger partial charge in [0.1, 0.15) is 12.1 Å². The highest BCUT2D eigenvalue weighted by molar-refractivity contribution is 5.88. The molecular formula is C12H19N3O3. The van der Waals surface area contributed by atoms with Crippen LogP contribution in [0.1, 0.15) is 38.5 Å². The Labute approximate surface area is 106 Å². The van der Waals surface area contributed by atoms with E-state index in [9.17, 15) is 9.59 Å². The second-order valence-corrected chi connectivity index (χ2v) is 4.37. The predicted octanol–water partition coefficient (Wildman–Crippen LogP) is 0.219. The summed E-state index contributed by atoms with van der Waals surface area (Å²) in [6.07, 6.45) is 3.41. The number of nitriles is 1. The van der Waals surface area contributed by atoms with Crippen LogP contribution in [-0.2, 0) is 14.3 Å². The van der Waals surface area contributed by atoms with E-state index in [4.69, 9.17) is 15.7 Å². The van der Waals surface area contributed by atoms with Gasteiger partial charge in [0.05, 0.1) is 6.07 Å². The maximum atomic E-state index is 11.8. The summed E-state index contributed by atoms with van der Waals surface area (Å²) in [5.41, 5.74) is 5.24.